The fourth-order valence-electron chi connectivity index (χ4n) is 2.31. The van der Waals surface area contributed by atoms with Crippen LogP contribution in [0.25, 0.3) is 10.2 Å². The molecule has 27 heavy (non-hydrogen) atoms. The first-order valence-corrected chi connectivity index (χ1v) is 9.82. The molecule has 0 fully saturated rings. The number of anilines is 2. The van der Waals surface area contributed by atoms with Crippen LogP contribution in [0, 0.1) is 5.82 Å². The predicted molar refractivity (Wildman–Crippen MR) is 104 cm³/mol. The zero-order valence-electron chi connectivity index (χ0n) is 14.7. The summed E-state index contributed by atoms with van der Waals surface area (Å²) >= 11 is 2.55. The lowest BCUT2D eigenvalue weighted by Crippen LogP contribution is -2.29. The molecule has 1 aromatic carbocycles. The van der Waals surface area contributed by atoms with E-state index in [0.717, 1.165) is 4.70 Å². The number of likely N-dealkylation sites (N-methyl/N-ethyl adjacent to an activating group) is 1. The highest BCUT2D eigenvalue weighted by Gasteiger charge is 2.15. The molecule has 0 aliphatic carbocycles. The third kappa shape index (κ3) is 4.77. The van der Waals surface area contributed by atoms with E-state index in [1.807, 2.05) is 0 Å². The van der Waals surface area contributed by atoms with E-state index in [0.29, 0.717) is 28.1 Å². The fraction of sp³-hybridized carbons (Fsp3) is 0.294. The Morgan fingerprint density at radius 2 is 2.15 bits per heavy atom. The van der Waals surface area contributed by atoms with E-state index in [4.69, 9.17) is 4.74 Å². The van der Waals surface area contributed by atoms with E-state index < -0.39 is 0 Å². The topological polar surface area (TPSA) is 84.4 Å². The molecule has 0 saturated heterocycles. The van der Waals surface area contributed by atoms with Gasteiger partial charge in [0.05, 0.1) is 30.0 Å². The molecule has 142 valence electrons. The van der Waals surface area contributed by atoms with Crippen molar-refractivity contribution in [3.8, 4) is 0 Å². The van der Waals surface area contributed by atoms with Gasteiger partial charge in [-0.05, 0) is 19.1 Å². The lowest BCUT2D eigenvalue weighted by Gasteiger charge is -2.14. The number of nitrogens with one attached hydrogen (secondary N) is 1. The molecule has 10 heteroatoms. The SMILES string of the molecule is CCOC(=O)Cc1csc(NC(=O)CN(C)c2nc3c(F)cccc3s2)n1. The molecule has 3 aromatic rings. The smallest absolute Gasteiger partial charge is 0.311 e. The van der Waals surface area contributed by atoms with Crippen molar-refractivity contribution in [2.45, 2.75) is 13.3 Å². The Morgan fingerprint density at radius 3 is 2.89 bits per heavy atom. The van der Waals surface area contributed by atoms with E-state index in [2.05, 4.69) is 15.3 Å². The average molecular weight is 408 g/mol. The standard InChI is InChI=1S/C17H17FN4O3S2/c1-3-25-14(24)7-10-9-26-16(19-10)20-13(23)8-22(2)17-21-15-11(18)5-4-6-12(15)27-17/h4-6,9H,3,7-8H2,1-2H3,(H,19,20,23). The molecule has 2 aromatic heterocycles. The normalized spacial score (nSPS) is 10.8. The van der Waals surface area contributed by atoms with Crippen LogP contribution in [0.2, 0.25) is 0 Å². The molecule has 7 nitrogen and oxygen atoms in total. The number of carbonyl (C=O) groups excluding carboxylic acids is 2. The van der Waals surface area contributed by atoms with Crippen molar-refractivity contribution in [3.63, 3.8) is 0 Å². The highest BCUT2D eigenvalue weighted by Crippen LogP contribution is 2.29. The molecule has 0 radical (unpaired) electrons. The molecule has 1 amide bonds. The Hall–Kier alpha value is -2.59. The number of aromatic nitrogens is 2. The van der Waals surface area contributed by atoms with Gasteiger partial charge in [-0.3, -0.25) is 9.59 Å². The molecule has 0 unspecified atom stereocenters. The lowest BCUT2D eigenvalue weighted by atomic mass is 10.3. The highest BCUT2D eigenvalue weighted by molar-refractivity contribution is 7.22. The number of hydrogen-bond acceptors (Lipinski definition) is 8. The zero-order chi connectivity index (χ0) is 19.4. The first kappa shape index (κ1) is 19.2. The first-order valence-electron chi connectivity index (χ1n) is 8.12. The van der Waals surface area contributed by atoms with Crippen molar-refractivity contribution in [2.24, 2.45) is 0 Å². The van der Waals surface area contributed by atoms with Gasteiger partial charge in [-0.2, -0.15) is 0 Å². The number of para-hydroxylation sites is 1. The van der Waals surface area contributed by atoms with Crippen LogP contribution in [-0.4, -0.2) is 42.0 Å². The van der Waals surface area contributed by atoms with Gasteiger partial charge in [0.25, 0.3) is 0 Å². The molecular formula is C17H17FN4O3S2. The highest BCUT2D eigenvalue weighted by atomic mass is 32.1. The summed E-state index contributed by atoms with van der Waals surface area (Å²) in [5, 5.41) is 5.35. The Morgan fingerprint density at radius 1 is 1.33 bits per heavy atom. The number of fused-ring (bicyclic) bond motifs is 1. The third-order valence-corrected chi connectivity index (χ3v) is 5.44. The van der Waals surface area contributed by atoms with Gasteiger partial charge < -0.3 is 15.0 Å². The molecule has 1 N–H and O–H groups in total. The van der Waals surface area contributed by atoms with Gasteiger partial charge >= 0.3 is 5.97 Å². The minimum atomic E-state index is -0.384. The number of amides is 1. The second-order valence-electron chi connectivity index (χ2n) is 5.61. The summed E-state index contributed by atoms with van der Waals surface area (Å²) in [6.45, 7) is 2.09. The van der Waals surface area contributed by atoms with Crippen LogP contribution in [0.3, 0.4) is 0 Å². The molecule has 0 aliphatic heterocycles. The van der Waals surface area contributed by atoms with E-state index in [9.17, 15) is 14.0 Å². The number of benzene rings is 1. The van der Waals surface area contributed by atoms with E-state index in [-0.39, 0.29) is 30.7 Å². The average Bonchev–Trinajstić information content (AvgIpc) is 3.22. The van der Waals surface area contributed by atoms with Gasteiger partial charge in [0.15, 0.2) is 10.3 Å². The Balaban J connectivity index is 1.59. The van der Waals surface area contributed by atoms with Crippen molar-refractivity contribution in [1.29, 1.82) is 0 Å². The van der Waals surface area contributed by atoms with Gasteiger partial charge in [-0.1, -0.05) is 17.4 Å². The maximum Gasteiger partial charge on any atom is 0.311 e. The van der Waals surface area contributed by atoms with Crippen LogP contribution in [0.15, 0.2) is 23.6 Å². The van der Waals surface area contributed by atoms with Crippen LogP contribution in [-0.2, 0) is 20.7 Å². The number of halogens is 1. The largest absolute Gasteiger partial charge is 0.466 e. The maximum absolute atomic E-state index is 13.8. The van der Waals surface area contributed by atoms with Gasteiger partial charge in [-0.15, -0.1) is 11.3 Å². The van der Waals surface area contributed by atoms with Crippen LogP contribution in [0.1, 0.15) is 12.6 Å². The minimum Gasteiger partial charge on any atom is -0.466 e. The van der Waals surface area contributed by atoms with E-state index in [1.54, 1.807) is 36.4 Å². The second kappa shape index (κ2) is 8.40. The van der Waals surface area contributed by atoms with Crippen molar-refractivity contribution in [2.75, 3.05) is 30.4 Å². The first-order chi connectivity index (χ1) is 13.0. The zero-order valence-corrected chi connectivity index (χ0v) is 16.3. The summed E-state index contributed by atoms with van der Waals surface area (Å²) in [5.41, 5.74) is 0.844. The number of esters is 1. The second-order valence-corrected chi connectivity index (χ2v) is 7.48. The summed E-state index contributed by atoms with van der Waals surface area (Å²) in [5.74, 6) is -1.03. The summed E-state index contributed by atoms with van der Waals surface area (Å²) in [4.78, 5) is 33.8. The number of ether oxygens (including phenoxy) is 1. The molecule has 0 atom stereocenters. The Labute approximate surface area is 162 Å². The van der Waals surface area contributed by atoms with Gasteiger partial charge in [0.2, 0.25) is 5.91 Å². The minimum absolute atomic E-state index is 0.0359. The molecule has 2 heterocycles. The fourth-order valence-corrected chi connectivity index (χ4v) is 3.98. The predicted octanol–water partition coefficient (Wildman–Crippen LogP) is 3.07. The van der Waals surface area contributed by atoms with Crippen molar-refractivity contribution in [3.05, 3.63) is 35.1 Å². The van der Waals surface area contributed by atoms with Crippen molar-refractivity contribution in [1.82, 2.24) is 9.97 Å². The molecule has 0 aliphatic rings. The lowest BCUT2D eigenvalue weighted by molar-refractivity contribution is -0.142. The molecule has 0 saturated carbocycles. The number of nitrogens with zero attached hydrogens (tertiary/aromatic N) is 3. The van der Waals surface area contributed by atoms with Crippen molar-refractivity contribution >= 4 is 55.0 Å². The summed E-state index contributed by atoms with van der Waals surface area (Å²) in [6, 6.07) is 4.77. The maximum atomic E-state index is 13.8. The van der Waals surface area contributed by atoms with Crippen LogP contribution < -0.4 is 10.2 Å². The quantitative estimate of drug-likeness (QED) is 0.605. The van der Waals surface area contributed by atoms with Crippen LogP contribution in [0.4, 0.5) is 14.7 Å². The molecule has 0 spiro atoms. The molecule has 0 bridgehead atoms. The monoisotopic (exact) mass is 408 g/mol. The Bertz CT molecular complexity index is 972. The van der Waals surface area contributed by atoms with Crippen LogP contribution in [0.5, 0.6) is 0 Å². The Kier molecular flexibility index (Phi) is 5.97. The molecular weight excluding hydrogens is 391 g/mol. The number of hydrogen-bond donors (Lipinski definition) is 1. The number of thiazole rings is 2. The van der Waals surface area contributed by atoms with Gasteiger partial charge in [-0.25, -0.2) is 14.4 Å². The summed E-state index contributed by atoms with van der Waals surface area (Å²) in [6.07, 6.45) is 0.0668. The summed E-state index contributed by atoms with van der Waals surface area (Å²) in [7, 11) is 1.71. The summed E-state index contributed by atoms with van der Waals surface area (Å²) < 4.78 is 19.4. The third-order valence-electron chi connectivity index (χ3n) is 3.49. The van der Waals surface area contributed by atoms with Crippen molar-refractivity contribution < 1.29 is 18.7 Å². The molecule has 3 rings (SSSR count). The van der Waals surface area contributed by atoms with Gasteiger partial charge in [0, 0.05) is 12.4 Å². The van der Waals surface area contributed by atoms with E-state index >= 15 is 0 Å². The number of carbonyl (C=O) groups is 2. The number of rotatable bonds is 7. The van der Waals surface area contributed by atoms with Crippen LogP contribution >= 0.6 is 22.7 Å². The van der Waals surface area contributed by atoms with E-state index in [1.165, 1.54) is 28.7 Å². The van der Waals surface area contributed by atoms with Gasteiger partial charge in [0.1, 0.15) is 11.3 Å².